The molecule has 0 saturated heterocycles. The minimum absolute atomic E-state index is 0.102. The van der Waals surface area contributed by atoms with E-state index in [1.807, 2.05) is 26.8 Å². The Morgan fingerprint density at radius 1 is 1.38 bits per heavy atom. The highest BCUT2D eigenvalue weighted by atomic mass is 32.2. The molecule has 1 unspecified atom stereocenters. The number of benzene rings is 1. The first-order valence-electron chi connectivity index (χ1n) is 6.58. The molecule has 0 spiro atoms. The highest BCUT2D eigenvalue weighted by molar-refractivity contribution is 7.92. The average molecular weight is 312 g/mol. The van der Waals surface area contributed by atoms with Crippen molar-refractivity contribution >= 4 is 21.6 Å². The molecular weight excluding hydrogens is 292 g/mol. The van der Waals surface area contributed by atoms with Crippen LogP contribution >= 0.6 is 0 Å². The number of carbonyl (C=O) groups is 1. The first kappa shape index (κ1) is 15.6. The molecule has 116 valence electrons. The van der Waals surface area contributed by atoms with E-state index >= 15 is 0 Å². The maximum Gasteiger partial charge on any atom is 0.260 e. The van der Waals surface area contributed by atoms with E-state index in [9.17, 15) is 13.2 Å². The molecule has 0 saturated carbocycles. The van der Waals surface area contributed by atoms with Crippen LogP contribution in [0, 0.1) is 0 Å². The molecule has 6 nitrogen and oxygen atoms in total. The van der Waals surface area contributed by atoms with Crippen LogP contribution in [0.5, 0.6) is 5.75 Å². The summed E-state index contributed by atoms with van der Waals surface area (Å²) in [5, 5.41) is 0. The van der Waals surface area contributed by atoms with Gasteiger partial charge in [0.05, 0.1) is 18.5 Å². The maximum atomic E-state index is 12.0. The summed E-state index contributed by atoms with van der Waals surface area (Å²) in [6.07, 6.45) is 0.122. The van der Waals surface area contributed by atoms with Crippen molar-refractivity contribution in [2.45, 2.75) is 32.3 Å². The molecule has 1 aromatic carbocycles. The lowest BCUT2D eigenvalue weighted by Crippen LogP contribution is -2.49. The van der Waals surface area contributed by atoms with Crippen LogP contribution in [0.3, 0.4) is 0 Å². The van der Waals surface area contributed by atoms with Crippen molar-refractivity contribution in [2.24, 2.45) is 5.73 Å². The van der Waals surface area contributed by atoms with E-state index in [2.05, 4.69) is 0 Å². The zero-order valence-corrected chi connectivity index (χ0v) is 13.4. The molecule has 1 aliphatic heterocycles. The zero-order chi connectivity index (χ0) is 16.0. The van der Waals surface area contributed by atoms with Gasteiger partial charge in [-0.2, -0.15) is 0 Å². The Labute approximate surface area is 124 Å². The predicted molar refractivity (Wildman–Crippen MR) is 80.9 cm³/mol. The van der Waals surface area contributed by atoms with Crippen molar-refractivity contribution in [3.8, 4) is 5.75 Å². The van der Waals surface area contributed by atoms with E-state index in [0.29, 0.717) is 11.4 Å². The van der Waals surface area contributed by atoms with E-state index < -0.39 is 22.0 Å². The van der Waals surface area contributed by atoms with Crippen molar-refractivity contribution in [3.63, 3.8) is 0 Å². The molecule has 1 aromatic rings. The van der Waals surface area contributed by atoms with Gasteiger partial charge in [-0.1, -0.05) is 26.8 Å². The van der Waals surface area contributed by atoms with Gasteiger partial charge < -0.3 is 10.5 Å². The Morgan fingerprint density at radius 3 is 2.48 bits per heavy atom. The fourth-order valence-electron chi connectivity index (χ4n) is 2.18. The first-order chi connectivity index (χ1) is 9.50. The van der Waals surface area contributed by atoms with E-state index in [4.69, 9.17) is 10.5 Å². The molecule has 0 bridgehead atoms. The van der Waals surface area contributed by atoms with Crippen LogP contribution in [0.25, 0.3) is 0 Å². The molecule has 21 heavy (non-hydrogen) atoms. The summed E-state index contributed by atoms with van der Waals surface area (Å²) in [7, 11) is -3.52. The lowest BCUT2D eigenvalue weighted by Gasteiger charge is -2.34. The Morgan fingerprint density at radius 2 is 2.00 bits per heavy atom. The minimum Gasteiger partial charge on any atom is -0.476 e. The van der Waals surface area contributed by atoms with Gasteiger partial charge in [0.1, 0.15) is 5.75 Å². The normalized spacial score (nSPS) is 18.9. The standard InChI is InChI=1S/C14H20N2O4S/c1-14(2,3)9-5-6-11-10(7-9)16(21(4,18)19)8-12(20-11)13(15)17/h5-7,12H,8H2,1-4H3,(H2,15,17). The number of nitrogens with two attached hydrogens (primary N) is 1. The molecule has 0 aromatic heterocycles. The number of hydrogen-bond acceptors (Lipinski definition) is 4. The van der Waals surface area contributed by atoms with E-state index in [-0.39, 0.29) is 12.0 Å². The van der Waals surface area contributed by atoms with Crippen molar-refractivity contribution in [1.82, 2.24) is 0 Å². The number of amides is 1. The molecule has 0 fully saturated rings. The number of nitrogens with zero attached hydrogens (tertiary/aromatic N) is 1. The fraction of sp³-hybridized carbons (Fsp3) is 0.500. The smallest absolute Gasteiger partial charge is 0.260 e. The van der Waals surface area contributed by atoms with Gasteiger partial charge in [-0.15, -0.1) is 0 Å². The van der Waals surface area contributed by atoms with Gasteiger partial charge in [0, 0.05) is 0 Å². The van der Waals surface area contributed by atoms with Crippen molar-refractivity contribution < 1.29 is 17.9 Å². The van der Waals surface area contributed by atoms with Gasteiger partial charge in [-0.3, -0.25) is 9.10 Å². The lowest BCUT2D eigenvalue weighted by molar-refractivity contribution is -0.124. The molecule has 1 atom stereocenters. The van der Waals surface area contributed by atoms with E-state index in [1.54, 1.807) is 12.1 Å². The molecule has 7 heteroatoms. The topological polar surface area (TPSA) is 89.7 Å². The number of sulfonamides is 1. The number of anilines is 1. The summed E-state index contributed by atoms with van der Waals surface area (Å²) >= 11 is 0. The van der Waals surface area contributed by atoms with Gasteiger partial charge in [-0.25, -0.2) is 8.42 Å². The van der Waals surface area contributed by atoms with Crippen LogP contribution in [-0.2, 0) is 20.2 Å². The van der Waals surface area contributed by atoms with Crippen molar-refractivity contribution in [3.05, 3.63) is 23.8 Å². The van der Waals surface area contributed by atoms with Crippen LogP contribution in [0.2, 0.25) is 0 Å². The summed E-state index contributed by atoms with van der Waals surface area (Å²) in [6, 6.07) is 5.33. The third-order valence-electron chi connectivity index (χ3n) is 3.41. The van der Waals surface area contributed by atoms with Crippen LogP contribution in [-0.4, -0.2) is 33.2 Å². The van der Waals surface area contributed by atoms with Gasteiger partial charge in [0.25, 0.3) is 5.91 Å². The van der Waals surface area contributed by atoms with Gasteiger partial charge in [0.2, 0.25) is 10.0 Å². The highest BCUT2D eigenvalue weighted by Crippen LogP contribution is 2.38. The molecule has 2 N–H and O–H groups in total. The Kier molecular flexibility index (Phi) is 3.65. The third-order valence-corrected chi connectivity index (χ3v) is 4.56. The molecular formula is C14H20N2O4S. The van der Waals surface area contributed by atoms with Crippen LogP contribution in [0.4, 0.5) is 5.69 Å². The highest BCUT2D eigenvalue weighted by Gasteiger charge is 2.34. The summed E-state index contributed by atoms with van der Waals surface area (Å²) < 4.78 is 30.7. The van der Waals surface area contributed by atoms with Gasteiger partial charge >= 0.3 is 0 Å². The van der Waals surface area contributed by atoms with Gasteiger partial charge in [-0.05, 0) is 23.1 Å². The Bertz CT molecular complexity index is 677. The second-order valence-electron chi connectivity index (χ2n) is 6.24. The number of rotatable bonds is 2. The SMILES string of the molecule is CC(C)(C)c1ccc2c(c1)N(S(C)(=O)=O)CC(C(N)=O)O2. The van der Waals surface area contributed by atoms with Crippen LogP contribution in [0.1, 0.15) is 26.3 Å². The Hall–Kier alpha value is -1.76. The molecule has 2 rings (SSSR count). The molecule has 0 radical (unpaired) electrons. The van der Waals surface area contributed by atoms with Gasteiger partial charge in [0.15, 0.2) is 6.10 Å². The summed E-state index contributed by atoms with van der Waals surface area (Å²) in [5.74, 6) is -0.335. The molecule has 1 aliphatic rings. The average Bonchev–Trinajstić information content (AvgIpc) is 2.34. The van der Waals surface area contributed by atoms with Crippen LogP contribution < -0.4 is 14.8 Å². The lowest BCUT2D eigenvalue weighted by atomic mass is 9.86. The first-order valence-corrected chi connectivity index (χ1v) is 8.43. The second kappa shape index (κ2) is 4.91. The van der Waals surface area contributed by atoms with Crippen molar-refractivity contribution in [2.75, 3.05) is 17.1 Å². The predicted octanol–water partition coefficient (Wildman–Crippen LogP) is 0.996. The van der Waals surface area contributed by atoms with E-state index in [0.717, 1.165) is 11.8 Å². The summed E-state index contributed by atoms with van der Waals surface area (Å²) in [6.45, 7) is 6.01. The van der Waals surface area contributed by atoms with Crippen molar-refractivity contribution in [1.29, 1.82) is 0 Å². The summed E-state index contributed by atoms with van der Waals surface area (Å²) in [4.78, 5) is 11.3. The maximum absolute atomic E-state index is 12.0. The molecule has 0 aliphatic carbocycles. The van der Waals surface area contributed by atoms with Crippen LogP contribution in [0.15, 0.2) is 18.2 Å². The third kappa shape index (κ3) is 3.12. The number of ether oxygens (including phenoxy) is 1. The minimum atomic E-state index is -3.52. The number of carbonyl (C=O) groups excluding carboxylic acids is 1. The number of fused-ring (bicyclic) bond motifs is 1. The largest absolute Gasteiger partial charge is 0.476 e. The fourth-order valence-corrected chi connectivity index (χ4v) is 3.09. The van der Waals surface area contributed by atoms with E-state index in [1.165, 1.54) is 4.31 Å². The number of primary amides is 1. The quantitative estimate of drug-likeness (QED) is 0.882. The number of hydrogen-bond donors (Lipinski definition) is 1. The monoisotopic (exact) mass is 312 g/mol. The Balaban J connectivity index is 2.58. The zero-order valence-electron chi connectivity index (χ0n) is 12.6. The molecule has 1 amide bonds. The molecule has 1 heterocycles. The summed E-state index contributed by atoms with van der Waals surface area (Å²) in [5.41, 5.74) is 6.55. The second-order valence-corrected chi connectivity index (χ2v) is 8.14.